The highest BCUT2D eigenvalue weighted by molar-refractivity contribution is 7.89. The highest BCUT2D eigenvalue weighted by atomic mass is 32.2. The lowest BCUT2D eigenvalue weighted by atomic mass is 9.64. The summed E-state index contributed by atoms with van der Waals surface area (Å²) in [5, 5.41) is 0. The fraction of sp³-hybridized carbons (Fsp3) is 0.462. The Kier molecular flexibility index (Phi) is 5.41. The Morgan fingerprint density at radius 2 is 0.941 bits per heavy atom. The molecule has 0 unspecified atom stereocenters. The number of hydrogen-bond acceptors (Lipinski definition) is 4. The molecule has 2 fully saturated rings. The fourth-order valence-corrected chi connectivity index (χ4v) is 8.87. The van der Waals surface area contributed by atoms with E-state index in [4.69, 9.17) is 0 Å². The molecule has 8 heteroatoms. The number of sulfonamides is 2. The van der Waals surface area contributed by atoms with Crippen molar-refractivity contribution in [3.8, 4) is 0 Å². The monoisotopic (exact) mass is 500 g/mol. The number of fused-ring (bicyclic) bond motifs is 2. The average molecular weight is 501 g/mol. The Morgan fingerprint density at radius 1 is 0.618 bits per heavy atom. The predicted molar refractivity (Wildman–Crippen MR) is 132 cm³/mol. The Labute approximate surface area is 203 Å². The van der Waals surface area contributed by atoms with Crippen molar-refractivity contribution in [1.82, 2.24) is 8.61 Å². The van der Waals surface area contributed by atoms with Crippen molar-refractivity contribution in [3.05, 3.63) is 70.8 Å². The lowest BCUT2D eigenvalue weighted by Gasteiger charge is -2.40. The second-order valence-electron chi connectivity index (χ2n) is 10.8. The summed E-state index contributed by atoms with van der Waals surface area (Å²) in [7, 11) is -7.24. The van der Waals surface area contributed by atoms with E-state index >= 15 is 0 Å². The molecule has 0 amide bonds. The zero-order valence-corrected chi connectivity index (χ0v) is 21.8. The van der Waals surface area contributed by atoms with Crippen LogP contribution in [0.2, 0.25) is 0 Å². The fourth-order valence-electron chi connectivity index (χ4n) is 5.81. The third kappa shape index (κ3) is 3.66. The van der Waals surface area contributed by atoms with E-state index in [1.807, 2.05) is 38.1 Å². The van der Waals surface area contributed by atoms with Gasteiger partial charge in [0.05, 0.1) is 9.79 Å². The van der Waals surface area contributed by atoms with E-state index in [1.165, 1.54) is 0 Å². The van der Waals surface area contributed by atoms with Gasteiger partial charge in [-0.25, -0.2) is 16.8 Å². The maximum atomic E-state index is 13.4. The summed E-state index contributed by atoms with van der Waals surface area (Å²) < 4.78 is 56.9. The number of benzene rings is 2. The predicted octanol–water partition coefficient (Wildman–Crippen LogP) is 4.12. The molecule has 2 aliphatic heterocycles. The van der Waals surface area contributed by atoms with E-state index in [0.717, 1.165) is 35.1 Å². The standard InChI is InChI=1S/C26H32N2O4S2/c1-19-5-9-21(10-6-19)33(29,30)27-15-23-24-16-28(18-26(24,4)14-13-25(23,3)17-27)34(31,32)22-11-7-20(2)8-12-22/h5-12H,13-18H2,1-4H3/t25-,26+. The smallest absolute Gasteiger partial charge is 0.207 e. The van der Waals surface area contributed by atoms with Gasteiger partial charge in [0, 0.05) is 37.0 Å². The third-order valence-corrected chi connectivity index (χ3v) is 11.7. The van der Waals surface area contributed by atoms with E-state index in [0.29, 0.717) is 36.0 Å². The van der Waals surface area contributed by atoms with Crippen LogP contribution in [0.4, 0.5) is 0 Å². The zero-order valence-electron chi connectivity index (χ0n) is 20.2. The molecule has 2 aromatic rings. The van der Waals surface area contributed by atoms with Gasteiger partial charge in [0.15, 0.2) is 0 Å². The van der Waals surface area contributed by atoms with Gasteiger partial charge in [-0.1, -0.05) is 49.2 Å². The number of aryl methyl sites for hydroxylation is 2. The molecule has 2 aromatic carbocycles. The molecule has 0 bridgehead atoms. The van der Waals surface area contributed by atoms with Crippen molar-refractivity contribution in [3.63, 3.8) is 0 Å². The Balaban J connectivity index is 1.50. The minimum Gasteiger partial charge on any atom is -0.207 e. The first-order chi connectivity index (χ1) is 15.8. The summed E-state index contributed by atoms with van der Waals surface area (Å²) in [6.07, 6.45) is 1.70. The van der Waals surface area contributed by atoms with E-state index in [-0.39, 0.29) is 10.8 Å². The van der Waals surface area contributed by atoms with Gasteiger partial charge in [-0.15, -0.1) is 0 Å². The molecule has 182 valence electrons. The van der Waals surface area contributed by atoms with Crippen molar-refractivity contribution in [1.29, 1.82) is 0 Å². The number of nitrogens with zero attached hydrogens (tertiary/aromatic N) is 2. The van der Waals surface area contributed by atoms with Crippen molar-refractivity contribution in [2.45, 2.75) is 50.3 Å². The SMILES string of the molecule is Cc1ccc(S(=O)(=O)N2CC3=C4CN(S(=O)(=O)c5ccc(C)cc5)C[C@@]4(C)CC[C@@]3(C)C2)cc1. The summed E-state index contributed by atoms with van der Waals surface area (Å²) in [5.41, 5.74) is 3.72. The molecule has 34 heavy (non-hydrogen) atoms. The summed E-state index contributed by atoms with van der Waals surface area (Å²) in [4.78, 5) is 0.618. The van der Waals surface area contributed by atoms with Gasteiger partial charge in [0.25, 0.3) is 0 Å². The molecule has 3 aliphatic rings. The molecule has 2 saturated heterocycles. The van der Waals surface area contributed by atoms with Crippen molar-refractivity contribution in [2.24, 2.45) is 10.8 Å². The first kappa shape index (κ1) is 23.7. The van der Waals surface area contributed by atoms with Crippen LogP contribution in [-0.4, -0.2) is 51.6 Å². The lowest BCUT2D eigenvalue weighted by molar-refractivity contribution is 0.246. The van der Waals surface area contributed by atoms with Crippen LogP contribution in [0.25, 0.3) is 0 Å². The third-order valence-electron chi connectivity index (χ3n) is 8.09. The van der Waals surface area contributed by atoms with Gasteiger partial charge in [0.2, 0.25) is 20.0 Å². The Morgan fingerprint density at radius 3 is 1.26 bits per heavy atom. The summed E-state index contributed by atoms with van der Waals surface area (Å²) in [6, 6.07) is 14.0. The summed E-state index contributed by atoms with van der Waals surface area (Å²) in [5.74, 6) is 0. The first-order valence-corrected chi connectivity index (χ1v) is 14.6. The maximum Gasteiger partial charge on any atom is 0.243 e. The summed E-state index contributed by atoms with van der Waals surface area (Å²) in [6.45, 7) is 9.67. The molecule has 0 aromatic heterocycles. The van der Waals surface area contributed by atoms with Crippen LogP contribution in [0.5, 0.6) is 0 Å². The van der Waals surface area contributed by atoms with Crippen LogP contribution in [0, 0.1) is 24.7 Å². The molecule has 0 radical (unpaired) electrons. The number of rotatable bonds is 4. The zero-order chi connectivity index (χ0) is 24.5. The largest absolute Gasteiger partial charge is 0.243 e. The van der Waals surface area contributed by atoms with Crippen molar-refractivity contribution < 1.29 is 16.8 Å². The average Bonchev–Trinajstić information content (AvgIpc) is 3.32. The molecule has 0 N–H and O–H groups in total. The molecule has 2 atom stereocenters. The van der Waals surface area contributed by atoms with Gasteiger partial charge in [-0.05, 0) is 62.1 Å². The van der Waals surface area contributed by atoms with Crippen LogP contribution in [0.3, 0.4) is 0 Å². The van der Waals surface area contributed by atoms with Crippen LogP contribution in [0.1, 0.15) is 37.8 Å². The molecule has 6 nitrogen and oxygen atoms in total. The van der Waals surface area contributed by atoms with E-state index in [9.17, 15) is 16.8 Å². The molecule has 0 saturated carbocycles. The quantitative estimate of drug-likeness (QED) is 0.592. The van der Waals surface area contributed by atoms with Gasteiger partial charge >= 0.3 is 0 Å². The maximum absolute atomic E-state index is 13.4. The van der Waals surface area contributed by atoms with Crippen molar-refractivity contribution >= 4 is 20.0 Å². The minimum atomic E-state index is -3.62. The van der Waals surface area contributed by atoms with Gasteiger partial charge in [-0.2, -0.15) is 8.61 Å². The van der Waals surface area contributed by atoms with Crippen LogP contribution < -0.4 is 0 Å². The van der Waals surface area contributed by atoms with Crippen molar-refractivity contribution in [2.75, 3.05) is 26.2 Å². The van der Waals surface area contributed by atoms with Gasteiger partial charge < -0.3 is 0 Å². The molecular weight excluding hydrogens is 468 g/mol. The van der Waals surface area contributed by atoms with Crippen LogP contribution >= 0.6 is 0 Å². The van der Waals surface area contributed by atoms with Gasteiger partial charge in [0.1, 0.15) is 0 Å². The number of hydrogen-bond donors (Lipinski definition) is 0. The molecule has 2 heterocycles. The first-order valence-electron chi connectivity index (χ1n) is 11.7. The summed E-state index contributed by atoms with van der Waals surface area (Å²) >= 11 is 0. The molecule has 5 rings (SSSR count). The van der Waals surface area contributed by atoms with Gasteiger partial charge in [-0.3, -0.25) is 0 Å². The van der Waals surface area contributed by atoms with E-state index < -0.39 is 20.0 Å². The Hall–Kier alpha value is -2.00. The van der Waals surface area contributed by atoms with E-state index in [1.54, 1.807) is 32.9 Å². The Bertz CT molecular complexity index is 1270. The second-order valence-corrected chi connectivity index (χ2v) is 14.6. The molecule has 1 aliphatic carbocycles. The normalized spacial score (nSPS) is 28.2. The van der Waals surface area contributed by atoms with E-state index in [2.05, 4.69) is 13.8 Å². The molecule has 0 spiro atoms. The molecular formula is C26H32N2O4S2. The second kappa shape index (κ2) is 7.75. The topological polar surface area (TPSA) is 74.8 Å². The van der Waals surface area contributed by atoms with Crippen LogP contribution in [-0.2, 0) is 20.0 Å². The highest BCUT2D eigenvalue weighted by Gasteiger charge is 2.54. The highest BCUT2D eigenvalue weighted by Crippen LogP contribution is 2.56. The minimum absolute atomic E-state index is 0.268. The lowest BCUT2D eigenvalue weighted by Crippen LogP contribution is -2.35. The van der Waals surface area contributed by atoms with Crippen LogP contribution in [0.15, 0.2) is 69.5 Å².